The topological polar surface area (TPSA) is 0 Å². The van der Waals surface area contributed by atoms with Crippen LogP contribution in [0, 0.1) is 5.82 Å². The fourth-order valence-electron chi connectivity index (χ4n) is 2.01. The van der Waals surface area contributed by atoms with Gasteiger partial charge in [0.15, 0.2) is 0 Å². The molecular weight excluding hydrogens is 267 g/mol. The molecule has 0 aliphatic rings. The third kappa shape index (κ3) is 3.09. The molecule has 0 aliphatic carbocycles. The molecule has 0 saturated heterocycles. The maximum Gasteiger partial charge on any atom is 0.123 e. The third-order valence-corrected chi connectivity index (χ3v) is 3.99. The van der Waals surface area contributed by atoms with E-state index in [1.165, 1.54) is 23.3 Å². The van der Waals surface area contributed by atoms with E-state index in [1.807, 2.05) is 24.3 Å². The van der Waals surface area contributed by atoms with Gasteiger partial charge in [-0.1, -0.05) is 54.2 Å². The number of benzene rings is 3. The van der Waals surface area contributed by atoms with Gasteiger partial charge in [-0.05, 0) is 47.5 Å². The van der Waals surface area contributed by atoms with Gasteiger partial charge in [0.2, 0.25) is 0 Å². The predicted molar refractivity (Wildman–Crippen MR) is 82.4 cm³/mol. The summed E-state index contributed by atoms with van der Waals surface area (Å²) < 4.78 is 12.9. The molecule has 20 heavy (non-hydrogen) atoms. The molecular formula is C18H13FS. The van der Waals surface area contributed by atoms with Gasteiger partial charge in [-0.15, -0.1) is 0 Å². The molecule has 0 nitrogen and oxygen atoms in total. The van der Waals surface area contributed by atoms with Crippen LogP contribution in [0.25, 0.3) is 11.1 Å². The van der Waals surface area contributed by atoms with Crippen LogP contribution < -0.4 is 0 Å². The van der Waals surface area contributed by atoms with Gasteiger partial charge in [0.1, 0.15) is 5.82 Å². The second-order valence-corrected chi connectivity index (χ2v) is 5.60. The summed E-state index contributed by atoms with van der Waals surface area (Å²) in [6.07, 6.45) is 0. The van der Waals surface area contributed by atoms with E-state index >= 15 is 0 Å². The van der Waals surface area contributed by atoms with Crippen LogP contribution >= 0.6 is 11.8 Å². The fourth-order valence-corrected chi connectivity index (χ4v) is 2.89. The summed E-state index contributed by atoms with van der Waals surface area (Å²) >= 11 is 1.64. The lowest BCUT2D eigenvalue weighted by molar-refractivity contribution is 0.626. The van der Waals surface area contributed by atoms with E-state index < -0.39 is 0 Å². The molecule has 0 N–H and O–H groups in total. The average molecular weight is 280 g/mol. The summed E-state index contributed by atoms with van der Waals surface area (Å²) in [7, 11) is 0. The molecule has 0 heterocycles. The van der Waals surface area contributed by atoms with Crippen LogP contribution in [-0.2, 0) is 0 Å². The molecule has 0 spiro atoms. The van der Waals surface area contributed by atoms with Gasteiger partial charge in [0.05, 0.1) is 0 Å². The highest BCUT2D eigenvalue weighted by Crippen LogP contribution is 2.30. The zero-order valence-corrected chi connectivity index (χ0v) is 11.6. The van der Waals surface area contributed by atoms with E-state index in [0.717, 1.165) is 9.79 Å². The lowest BCUT2D eigenvalue weighted by Gasteiger charge is -2.05. The number of halogens is 1. The van der Waals surface area contributed by atoms with E-state index in [-0.39, 0.29) is 5.82 Å². The van der Waals surface area contributed by atoms with Gasteiger partial charge >= 0.3 is 0 Å². The minimum Gasteiger partial charge on any atom is -0.207 e. The Bertz CT molecular complexity index is 690. The van der Waals surface area contributed by atoms with Gasteiger partial charge in [-0.25, -0.2) is 4.39 Å². The first-order valence-electron chi connectivity index (χ1n) is 6.40. The number of rotatable bonds is 3. The highest BCUT2D eigenvalue weighted by atomic mass is 32.2. The van der Waals surface area contributed by atoms with Crippen molar-refractivity contribution in [2.24, 2.45) is 0 Å². The zero-order valence-electron chi connectivity index (χ0n) is 10.8. The van der Waals surface area contributed by atoms with Gasteiger partial charge < -0.3 is 0 Å². The molecule has 0 fully saturated rings. The van der Waals surface area contributed by atoms with Crippen molar-refractivity contribution < 1.29 is 4.39 Å². The summed E-state index contributed by atoms with van der Waals surface area (Å²) in [5.41, 5.74) is 2.40. The average Bonchev–Trinajstić information content (AvgIpc) is 2.51. The monoisotopic (exact) mass is 280 g/mol. The minimum atomic E-state index is -0.201. The maximum absolute atomic E-state index is 12.9. The van der Waals surface area contributed by atoms with Gasteiger partial charge in [-0.2, -0.15) is 0 Å². The molecule has 3 rings (SSSR count). The second kappa shape index (κ2) is 5.93. The zero-order chi connectivity index (χ0) is 13.8. The molecule has 0 radical (unpaired) electrons. The Morgan fingerprint density at radius 2 is 1.30 bits per heavy atom. The van der Waals surface area contributed by atoms with E-state index in [1.54, 1.807) is 23.9 Å². The Morgan fingerprint density at radius 1 is 0.600 bits per heavy atom. The molecule has 0 aliphatic heterocycles. The summed E-state index contributed by atoms with van der Waals surface area (Å²) in [6.45, 7) is 0. The van der Waals surface area contributed by atoms with Crippen molar-refractivity contribution in [2.75, 3.05) is 0 Å². The standard InChI is InChI=1S/C18H13FS/c19-16-9-11-17(12-10-16)20-18-8-4-7-15(13-18)14-5-2-1-3-6-14/h1-13H. The number of hydrogen-bond acceptors (Lipinski definition) is 1. The number of hydrogen-bond donors (Lipinski definition) is 0. The van der Waals surface area contributed by atoms with E-state index in [9.17, 15) is 4.39 Å². The van der Waals surface area contributed by atoms with Crippen molar-refractivity contribution in [3.63, 3.8) is 0 Å². The van der Waals surface area contributed by atoms with Crippen molar-refractivity contribution in [3.8, 4) is 11.1 Å². The van der Waals surface area contributed by atoms with Crippen molar-refractivity contribution in [1.82, 2.24) is 0 Å². The molecule has 0 unspecified atom stereocenters. The van der Waals surface area contributed by atoms with Crippen LogP contribution in [0.15, 0.2) is 88.7 Å². The summed E-state index contributed by atoms with van der Waals surface area (Å²) in [6, 6.07) is 25.2. The smallest absolute Gasteiger partial charge is 0.123 e. The molecule has 2 heteroatoms. The molecule has 3 aromatic rings. The molecule has 3 aromatic carbocycles. The second-order valence-electron chi connectivity index (χ2n) is 4.45. The summed E-state index contributed by atoms with van der Waals surface area (Å²) in [5.74, 6) is -0.201. The molecule has 0 atom stereocenters. The third-order valence-electron chi connectivity index (χ3n) is 2.99. The van der Waals surface area contributed by atoms with Crippen LogP contribution in [-0.4, -0.2) is 0 Å². The predicted octanol–water partition coefficient (Wildman–Crippen LogP) is 5.64. The Balaban J connectivity index is 1.86. The Morgan fingerprint density at radius 3 is 2.05 bits per heavy atom. The first-order chi connectivity index (χ1) is 9.81. The van der Waals surface area contributed by atoms with Crippen molar-refractivity contribution in [3.05, 3.63) is 84.7 Å². The molecule has 0 aromatic heterocycles. The van der Waals surface area contributed by atoms with Crippen molar-refractivity contribution >= 4 is 11.8 Å². The Kier molecular flexibility index (Phi) is 3.84. The van der Waals surface area contributed by atoms with Crippen molar-refractivity contribution in [2.45, 2.75) is 9.79 Å². The molecule has 0 saturated carbocycles. The molecule has 0 amide bonds. The minimum absolute atomic E-state index is 0.201. The van der Waals surface area contributed by atoms with E-state index in [4.69, 9.17) is 0 Å². The Labute approximate surface area is 122 Å². The first kappa shape index (κ1) is 12.9. The van der Waals surface area contributed by atoms with Crippen LogP contribution in [0.5, 0.6) is 0 Å². The SMILES string of the molecule is Fc1ccc(Sc2cccc(-c3ccccc3)c2)cc1. The van der Waals surface area contributed by atoms with Gasteiger partial charge in [-0.3, -0.25) is 0 Å². The van der Waals surface area contributed by atoms with Crippen LogP contribution in [0.1, 0.15) is 0 Å². The van der Waals surface area contributed by atoms with Crippen LogP contribution in [0.4, 0.5) is 4.39 Å². The lowest BCUT2D eigenvalue weighted by atomic mass is 10.1. The maximum atomic E-state index is 12.9. The highest BCUT2D eigenvalue weighted by Gasteiger charge is 2.01. The fraction of sp³-hybridized carbons (Fsp3) is 0. The largest absolute Gasteiger partial charge is 0.207 e. The lowest BCUT2D eigenvalue weighted by Crippen LogP contribution is -1.79. The van der Waals surface area contributed by atoms with Crippen molar-refractivity contribution in [1.29, 1.82) is 0 Å². The van der Waals surface area contributed by atoms with Crippen LogP contribution in [0.2, 0.25) is 0 Å². The first-order valence-corrected chi connectivity index (χ1v) is 7.22. The van der Waals surface area contributed by atoms with E-state index in [2.05, 4.69) is 30.3 Å². The Hall–Kier alpha value is -2.06. The molecule has 98 valence electrons. The van der Waals surface area contributed by atoms with Gasteiger partial charge in [0.25, 0.3) is 0 Å². The van der Waals surface area contributed by atoms with E-state index in [0.29, 0.717) is 0 Å². The van der Waals surface area contributed by atoms with Crippen LogP contribution in [0.3, 0.4) is 0 Å². The highest BCUT2D eigenvalue weighted by molar-refractivity contribution is 7.99. The quantitative estimate of drug-likeness (QED) is 0.598. The summed E-state index contributed by atoms with van der Waals surface area (Å²) in [4.78, 5) is 2.19. The normalized spacial score (nSPS) is 10.4. The summed E-state index contributed by atoms with van der Waals surface area (Å²) in [5, 5.41) is 0. The molecule has 0 bridgehead atoms. The van der Waals surface area contributed by atoms with Gasteiger partial charge in [0, 0.05) is 9.79 Å².